The molecule has 1 aromatic rings. The summed E-state index contributed by atoms with van der Waals surface area (Å²) in [5, 5.41) is 1.85. The van der Waals surface area contributed by atoms with Gasteiger partial charge in [0.05, 0.1) is 5.88 Å². The molecule has 0 saturated carbocycles. The Bertz CT molecular complexity index is 508. The third kappa shape index (κ3) is 2.90. The van der Waals surface area contributed by atoms with Crippen LogP contribution in [-0.2, 0) is 15.9 Å². The van der Waals surface area contributed by atoms with E-state index in [9.17, 15) is 8.42 Å². The standard InChI is InChI=1S/C12H20ClNO2S2/c1-8(2)10(4)14(5)18(15,16)12-9(3)7-17-11(12)6-13/h7-8,10H,6H2,1-5H3. The molecule has 18 heavy (non-hydrogen) atoms. The number of aryl methyl sites for hydroxylation is 1. The molecule has 0 aliphatic carbocycles. The van der Waals surface area contributed by atoms with E-state index in [1.165, 1.54) is 15.6 Å². The second-order valence-electron chi connectivity index (χ2n) is 4.81. The van der Waals surface area contributed by atoms with Crippen molar-refractivity contribution in [2.45, 2.75) is 44.5 Å². The second kappa shape index (κ2) is 5.90. The predicted octanol–water partition coefficient (Wildman–Crippen LogP) is 3.46. The van der Waals surface area contributed by atoms with E-state index in [0.29, 0.717) is 4.90 Å². The minimum atomic E-state index is -3.45. The summed E-state index contributed by atoms with van der Waals surface area (Å²) < 4.78 is 26.7. The average molecular weight is 310 g/mol. The molecule has 3 nitrogen and oxygen atoms in total. The Kier molecular flexibility index (Phi) is 5.23. The first-order valence-corrected chi connectivity index (χ1v) is 8.69. The molecule has 0 N–H and O–H groups in total. The first-order chi connectivity index (χ1) is 8.23. The molecule has 1 rings (SSSR count). The smallest absolute Gasteiger partial charge is 0.207 e. The molecule has 0 aliphatic heterocycles. The molecular formula is C12H20ClNO2S2. The van der Waals surface area contributed by atoms with Crippen LogP contribution in [0.4, 0.5) is 0 Å². The van der Waals surface area contributed by atoms with Crippen molar-refractivity contribution in [1.29, 1.82) is 0 Å². The zero-order valence-electron chi connectivity index (χ0n) is 11.4. The number of sulfonamides is 1. The van der Waals surface area contributed by atoms with Crippen molar-refractivity contribution in [3.8, 4) is 0 Å². The van der Waals surface area contributed by atoms with Crippen LogP contribution >= 0.6 is 22.9 Å². The van der Waals surface area contributed by atoms with Crippen molar-refractivity contribution >= 4 is 33.0 Å². The molecule has 0 aromatic carbocycles. The van der Waals surface area contributed by atoms with Crippen LogP contribution in [0.2, 0.25) is 0 Å². The fraction of sp³-hybridized carbons (Fsp3) is 0.667. The maximum atomic E-state index is 12.6. The molecule has 1 heterocycles. The summed E-state index contributed by atoms with van der Waals surface area (Å²) in [6.07, 6.45) is 0. The lowest BCUT2D eigenvalue weighted by atomic mass is 10.1. The van der Waals surface area contributed by atoms with Crippen molar-refractivity contribution in [1.82, 2.24) is 4.31 Å². The van der Waals surface area contributed by atoms with Gasteiger partial charge in [-0.3, -0.25) is 0 Å². The van der Waals surface area contributed by atoms with Gasteiger partial charge in [-0.25, -0.2) is 8.42 Å². The van der Waals surface area contributed by atoms with Gasteiger partial charge in [-0.05, 0) is 30.7 Å². The molecular weight excluding hydrogens is 290 g/mol. The van der Waals surface area contributed by atoms with Crippen LogP contribution in [0.25, 0.3) is 0 Å². The van der Waals surface area contributed by atoms with Crippen LogP contribution in [0, 0.1) is 12.8 Å². The average Bonchev–Trinajstić information content (AvgIpc) is 2.68. The molecule has 1 unspecified atom stereocenters. The lowest BCUT2D eigenvalue weighted by molar-refractivity contribution is 0.315. The summed E-state index contributed by atoms with van der Waals surface area (Å²) in [6.45, 7) is 7.76. The molecule has 104 valence electrons. The number of thiophene rings is 1. The van der Waals surface area contributed by atoms with Crippen molar-refractivity contribution < 1.29 is 8.42 Å². The first kappa shape index (κ1) is 16.0. The molecule has 0 radical (unpaired) electrons. The van der Waals surface area contributed by atoms with E-state index in [-0.39, 0.29) is 17.8 Å². The number of hydrogen-bond donors (Lipinski definition) is 0. The van der Waals surface area contributed by atoms with Crippen molar-refractivity contribution in [2.24, 2.45) is 5.92 Å². The van der Waals surface area contributed by atoms with Crippen molar-refractivity contribution in [3.63, 3.8) is 0 Å². The number of halogens is 1. The van der Waals surface area contributed by atoms with Crippen LogP contribution < -0.4 is 0 Å². The Balaban J connectivity index is 3.25. The van der Waals surface area contributed by atoms with E-state index < -0.39 is 10.0 Å². The Labute approximate surface area is 119 Å². The van der Waals surface area contributed by atoms with Crippen LogP contribution in [-0.4, -0.2) is 25.8 Å². The molecule has 0 fully saturated rings. The van der Waals surface area contributed by atoms with Crippen LogP contribution in [0.3, 0.4) is 0 Å². The predicted molar refractivity (Wildman–Crippen MR) is 77.9 cm³/mol. The summed E-state index contributed by atoms with van der Waals surface area (Å²) in [5.41, 5.74) is 0.776. The highest BCUT2D eigenvalue weighted by Gasteiger charge is 2.31. The van der Waals surface area contributed by atoms with Gasteiger partial charge in [-0.15, -0.1) is 22.9 Å². The van der Waals surface area contributed by atoms with Gasteiger partial charge in [0.25, 0.3) is 0 Å². The van der Waals surface area contributed by atoms with Gasteiger partial charge in [-0.1, -0.05) is 13.8 Å². The van der Waals surface area contributed by atoms with E-state index in [4.69, 9.17) is 11.6 Å². The third-order valence-corrected chi connectivity index (χ3v) is 7.12. The van der Waals surface area contributed by atoms with Gasteiger partial charge in [-0.2, -0.15) is 4.31 Å². The Morgan fingerprint density at radius 1 is 1.39 bits per heavy atom. The lowest BCUT2D eigenvalue weighted by Gasteiger charge is -2.27. The van der Waals surface area contributed by atoms with E-state index in [1.54, 1.807) is 7.05 Å². The summed E-state index contributed by atoms with van der Waals surface area (Å²) >= 11 is 7.23. The summed E-state index contributed by atoms with van der Waals surface area (Å²) in [4.78, 5) is 1.11. The van der Waals surface area contributed by atoms with E-state index >= 15 is 0 Å². The zero-order chi connectivity index (χ0) is 14.1. The quantitative estimate of drug-likeness (QED) is 0.781. The van der Waals surface area contributed by atoms with Gasteiger partial charge in [0.2, 0.25) is 10.0 Å². The molecule has 0 bridgehead atoms. The normalized spacial score (nSPS) is 14.4. The number of nitrogens with zero attached hydrogens (tertiary/aromatic N) is 1. The van der Waals surface area contributed by atoms with Crippen molar-refractivity contribution in [2.75, 3.05) is 7.05 Å². The highest BCUT2D eigenvalue weighted by Crippen LogP contribution is 2.31. The Morgan fingerprint density at radius 2 is 1.94 bits per heavy atom. The van der Waals surface area contributed by atoms with E-state index in [1.807, 2.05) is 33.1 Å². The Morgan fingerprint density at radius 3 is 2.39 bits per heavy atom. The third-order valence-electron chi connectivity index (χ3n) is 3.29. The fourth-order valence-electron chi connectivity index (χ4n) is 1.71. The monoisotopic (exact) mass is 309 g/mol. The SMILES string of the molecule is Cc1csc(CCl)c1S(=O)(=O)N(C)C(C)C(C)C. The lowest BCUT2D eigenvalue weighted by Crippen LogP contribution is -2.38. The number of alkyl halides is 1. The molecule has 0 saturated heterocycles. The van der Waals surface area contributed by atoms with Crippen LogP contribution in [0.5, 0.6) is 0 Å². The molecule has 1 atom stereocenters. The minimum Gasteiger partial charge on any atom is -0.207 e. The van der Waals surface area contributed by atoms with E-state index in [0.717, 1.165) is 10.4 Å². The molecule has 0 amide bonds. The zero-order valence-corrected chi connectivity index (χ0v) is 13.8. The summed E-state index contributed by atoms with van der Waals surface area (Å²) in [5.74, 6) is 0.500. The van der Waals surface area contributed by atoms with Gasteiger partial charge in [0, 0.05) is 18.0 Å². The van der Waals surface area contributed by atoms with Crippen molar-refractivity contribution in [3.05, 3.63) is 15.8 Å². The number of rotatable bonds is 5. The highest BCUT2D eigenvalue weighted by atomic mass is 35.5. The highest BCUT2D eigenvalue weighted by molar-refractivity contribution is 7.89. The summed E-state index contributed by atoms with van der Waals surface area (Å²) in [6, 6.07) is -0.0440. The first-order valence-electron chi connectivity index (χ1n) is 5.84. The van der Waals surface area contributed by atoms with Gasteiger partial charge < -0.3 is 0 Å². The molecule has 0 spiro atoms. The van der Waals surface area contributed by atoms with Crippen LogP contribution in [0.1, 0.15) is 31.2 Å². The van der Waals surface area contributed by atoms with Crippen LogP contribution in [0.15, 0.2) is 10.3 Å². The van der Waals surface area contributed by atoms with Gasteiger partial charge in [0.1, 0.15) is 4.90 Å². The minimum absolute atomic E-state index is 0.0440. The molecule has 1 aromatic heterocycles. The fourth-order valence-corrected chi connectivity index (χ4v) is 5.21. The molecule has 0 aliphatic rings. The maximum Gasteiger partial charge on any atom is 0.244 e. The summed E-state index contributed by atoms with van der Waals surface area (Å²) in [7, 11) is -1.82. The van der Waals surface area contributed by atoms with Gasteiger partial charge in [0.15, 0.2) is 0 Å². The van der Waals surface area contributed by atoms with E-state index in [2.05, 4.69) is 0 Å². The van der Waals surface area contributed by atoms with Gasteiger partial charge >= 0.3 is 0 Å². The largest absolute Gasteiger partial charge is 0.244 e. The Hall–Kier alpha value is -0.100. The maximum absolute atomic E-state index is 12.6. The molecule has 6 heteroatoms. The topological polar surface area (TPSA) is 37.4 Å². The second-order valence-corrected chi connectivity index (χ2v) is 7.98. The number of hydrogen-bond acceptors (Lipinski definition) is 3.